The number of thiocyanates is 1. The van der Waals surface area contributed by atoms with E-state index in [1.54, 1.807) is 6.92 Å². The second-order valence-corrected chi connectivity index (χ2v) is 6.68. The molecule has 4 nitrogen and oxygen atoms in total. The molecular formula is C15H14N3OS2+. The minimum absolute atomic E-state index is 0.156. The quantitative estimate of drug-likeness (QED) is 0.683. The smallest absolute Gasteiger partial charge is 0.388 e. The number of nitriles is 1. The number of aliphatic hydroxyl groups is 1. The largest absolute Gasteiger partial charge is 0.417 e. The van der Waals surface area contributed by atoms with Crippen LogP contribution in [0.2, 0.25) is 0 Å². The Hall–Kier alpha value is -1.64. The van der Waals surface area contributed by atoms with Crippen molar-refractivity contribution >= 4 is 34.4 Å². The SMILES string of the molecule is CC1=C(C(C)O)SC2=[N+]=C(c3ccccc3)C(SC#N)N21. The molecule has 0 radical (unpaired) electrons. The summed E-state index contributed by atoms with van der Waals surface area (Å²) >= 11 is 2.67. The van der Waals surface area contributed by atoms with Crippen LogP contribution in [0.1, 0.15) is 19.4 Å². The van der Waals surface area contributed by atoms with E-state index in [1.165, 1.54) is 23.5 Å². The average Bonchev–Trinajstić information content (AvgIpc) is 2.99. The van der Waals surface area contributed by atoms with Gasteiger partial charge in [0.1, 0.15) is 11.1 Å². The molecule has 0 saturated carbocycles. The highest BCUT2D eigenvalue weighted by Gasteiger charge is 2.51. The summed E-state index contributed by atoms with van der Waals surface area (Å²) < 4.78 is 4.70. The van der Waals surface area contributed by atoms with E-state index in [9.17, 15) is 5.11 Å². The van der Waals surface area contributed by atoms with Crippen LogP contribution in [0.4, 0.5) is 0 Å². The van der Waals surface area contributed by atoms with Crippen molar-refractivity contribution in [3.63, 3.8) is 0 Å². The van der Waals surface area contributed by atoms with Crippen LogP contribution >= 0.6 is 23.5 Å². The third-order valence-corrected chi connectivity index (χ3v) is 5.51. The van der Waals surface area contributed by atoms with Gasteiger partial charge in [0.15, 0.2) is 0 Å². The van der Waals surface area contributed by atoms with E-state index in [1.807, 2.05) is 42.2 Å². The molecule has 2 unspecified atom stereocenters. The Bertz CT molecular complexity index is 712. The number of aliphatic hydroxyl groups excluding tert-OH is 1. The van der Waals surface area contributed by atoms with Gasteiger partial charge in [-0.2, -0.15) is 14.8 Å². The second kappa shape index (κ2) is 5.63. The van der Waals surface area contributed by atoms with Gasteiger partial charge in [-0.1, -0.05) is 18.2 Å². The van der Waals surface area contributed by atoms with Crippen LogP contribution in [0, 0.1) is 10.7 Å². The average molecular weight is 316 g/mol. The lowest BCUT2D eigenvalue weighted by Crippen LogP contribution is -2.33. The van der Waals surface area contributed by atoms with E-state index in [-0.39, 0.29) is 5.37 Å². The molecule has 2 aliphatic heterocycles. The third-order valence-electron chi connectivity index (χ3n) is 3.42. The number of fused-ring (bicyclic) bond motifs is 1. The molecule has 3 rings (SSSR count). The Kier molecular flexibility index (Phi) is 3.83. The van der Waals surface area contributed by atoms with E-state index in [0.717, 1.165) is 27.0 Å². The second-order valence-electron chi connectivity index (χ2n) is 4.80. The summed E-state index contributed by atoms with van der Waals surface area (Å²) in [5.74, 6) is 0. The van der Waals surface area contributed by atoms with Crippen molar-refractivity contribution in [3.8, 4) is 5.40 Å². The molecule has 0 amide bonds. The van der Waals surface area contributed by atoms with E-state index < -0.39 is 6.10 Å². The van der Waals surface area contributed by atoms with Crippen LogP contribution in [0.25, 0.3) is 0 Å². The van der Waals surface area contributed by atoms with Crippen LogP contribution in [0.5, 0.6) is 0 Å². The fraction of sp³-hybridized carbons (Fsp3) is 0.267. The van der Waals surface area contributed by atoms with Crippen molar-refractivity contribution in [1.82, 2.24) is 9.57 Å². The summed E-state index contributed by atoms with van der Waals surface area (Å²) in [5, 5.41) is 21.8. The van der Waals surface area contributed by atoms with Gasteiger partial charge < -0.3 is 5.11 Å². The van der Waals surface area contributed by atoms with Gasteiger partial charge in [-0.05, 0) is 26.0 Å². The molecular weight excluding hydrogens is 302 g/mol. The van der Waals surface area contributed by atoms with Crippen LogP contribution in [0.3, 0.4) is 0 Å². The monoisotopic (exact) mass is 316 g/mol. The lowest BCUT2D eigenvalue weighted by Gasteiger charge is -2.14. The zero-order valence-corrected chi connectivity index (χ0v) is 13.3. The maximum absolute atomic E-state index is 9.84. The fourth-order valence-electron chi connectivity index (χ4n) is 2.48. The van der Waals surface area contributed by atoms with Crippen LogP contribution in [0.15, 0.2) is 40.9 Å². The summed E-state index contributed by atoms with van der Waals surface area (Å²) in [4.78, 5) is 2.95. The number of rotatable bonds is 3. The summed E-state index contributed by atoms with van der Waals surface area (Å²) in [6.45, 7) is 3.72. The molecule has 2 heterocycles. The lowest BCUT2D eigenvalue weighted by molar-refractivity contribution is 0.238. The van der Waals surface area contributed by atoms with Crippen molar-refractivity contribution in [2.24, 2.45) is 0 Å². The minimum Gasteiger partial charge on any atom is -0.388 e. The topological polar surface area (TPSA) is 61.4 Å². The molecule has 0 spiro atoms. The third kappa shape index (κ3) is 2.39. The van der Waals surface area contributed by atoms with E-state index in [2.05, 4.69) is 5.40 Å². The van der Waals surface area contributed by atoms with Gasteiger partial charge in [-0.3, -0.25) is 0 Å². The maximum Gasteiger partial charge on any atom is 0.417 e. The highest BCUT2D eigenvalue weighted by atomic mass is 32.2. The molecule has 2 aliphatic rings. The zero-order valence-electron chi connectivity index (χ0n) is 11.6. The molecule has 2 atom stereocenters. The molecule has 1 aromatic rings. The molecule has 0 aliphatic carbocycles. The van der Waals surface area contributed by atoms with Gasteiger partial charge in [-0.15, -0.1) is 0 Å². The van der Waals surface area contributed by atoms with Crippen LogP contribution in [-0.4, -0.2) is 32.4 Å². The molecule has 0 bridgehead atoms. The first-order chi connectivity index (χ1) is 10.1. The Morgan fingerprint density at radius 3 is 2.76 bits per heavy atom. The van der Waals surface area contributed by atoms with Crippen LogP contribution < -0.4 is 4.67 Å². The number of amidine groups is 1. The highest BCUT2D eigenvalue weighted by Crippen LogP contribution is 2.41. The first-order valence-electron chi connectivity index (χ1n) is 6.55. The zero-order chi connectivity index (χ0) is 15.0. The summed E-state index contributed by atoms with van der Waals surface area (Å²) in [5.41, 5.74) is 2.90. The standard InChI is InChI=1S/C15H14N3OS2/c1-9-13(10(2)19)21-15-17-12(11-6-4-3-5-7-11)14(18(9)15)20-8-16/h3-7,10,14,19H,1-2H3/q+1. The van der Waals surface area contributed by atoms with Gasteiger partial charge in [0, 0.05) is 29.1 Å². The highest BCUT2D eigenvalue weighted by molar-refractivity contribution is 8.17. The number of thioether (sulfide) groups is 2. The summed E-state index contributed by atoms with van der Waals surface area (Å²) in [7, 11) is 0. The van der Waals surface area contributed by atoms with Crippen molar-refractivity contribution in [1.29, 1.82) is 5.26 Å². The molecule has 21 heavy (non-hydrogen) atoms. The summed E-state index contributed by atoms with van der Waals surface area (Å²) in [6.07, 6.45) is -0.517. The predicted molar refractivity (Wildman–Crippen MR) is 88.5 cm³/mol. The Morgan fingerprint density at radius 1 is 1.43 bits per heavy atom. The molecule has 1 aromatic carbocycles. The molecule has 0 fully saturated rings. The molecule has 1 N–H and O–H groups in total. The molecule has 0 aromatic heterocycles. The van der Waals surface area contributed by atoms with E-state index >= 15 is 0 Å². The number of allylic oxidation sites excluding steroid dienone is 1. The molecule has 0 saturated heterocycles. The molecule has 106 valence electrons. The number of benzene rings is 1. The number of nitrogens with zero attached hydrogens (tertiary/aromatic N) is 3. The van der Waals surface area contributed by atoms with Crippen molar-refractivity contribution in [2.75, 3.05) is 0 Å². The fourth-order valence-corrected chi connectivity index (χ4v) is 4.41. The maximum atomic E-state index is 9.84. The van der Waals surface area contributed by atoms with Gasteiger partial charge >= 0.3 is 5.17 Å². The van der Waals surface area contributed by atoms with Crippen molar-refractivity contribution < 1.29 is 5.11 Å². The number of hydrogen-bond donors (Lipinski definition) is 1. The Morgan fingerprint density at radius 2 is 2.14 bits per heavy atom. The first-order valence-corrected chi connectivity index (χ1v) is 8.24. The predicted octanol–water partition coefficient (Wildman–Crippen LogP) is 2.11. The minimum atomic E-state index is -0.517. The van der Waals surface area contributed by atoms with Gasteiger partial charge in [-0.25, -0.2) is 0 Å². The van der Waals surface area contributed by atoms with E-state index in [4.69, 9.17) is 9.93 Å². The Balaban J connectivity index is 2.05. The van der Waals surface area contributed by atoms with Crippen LogP contribution in [-0.2, 0) is 0 Å². The normalized spacial score (nSPS) is 21.8. The van der Waals surface area contributed by atoms with E-state index in [0.29, 0.717) is 0 Å². The van der Waals surface area contributed by atoms with Crippen molar-refractivity contribution in [2.45, 2.75) is 25.3 Å². The first kappa shape index (κ1) is 14.3. The van der Waals surface area contributed by atoms with Crippen molar-refractivity contribution in [3.05, 3.63) is 46.5 Å². The number of hydrogen-bond acceptors (Lipinski definition) is 5. The Labute approximate surface area is 131 Å². The summed E-state index contributed by atoms with van der Waals surface area (Å²) in [6, 6.07) is 9.91. The van der Waals surface area contributed by atoms with Gasteiger partial charge in [0.25, 0.3) is 5.71 Å². The lowest BCUT2D eigenvalue weighted by atomic mass is 10.1. The van der Waals surface area contributed by atoms with Gasteiger partial charge in [0.2, 0.25) is 5.37 Å². The van der Waals surface area contributed by atoms with Gasteiger partial charge in [0.05, 0.1) is 11.0 Å². The molecule has 6 heteroatoms.